The summed E-state index contributed by atoms with van der Waals surface area (Å²) in [5, 5.41) is 22.7. The van der Waals surface area contributed by atoms with E-state index in [0.29, 0.717) is 0 Å². The van der Waals surface area contributed by atoms with E-state index >= 15 is 0 Å². The Morgan fingerprint density at radius 1 is 1.30 bits per heavy atom. The quantitative estimate of drug-likeness (QED) is 0.436. The van der Waals surface area contributed by atoms with Crippen LogP contribution in [0, 0.1) is 0 Å². The zero-order valence-corrected chi connectivity index (χ0v) is 10.0. The Hall–Kier alpha value is 1.12. The fourth-order valence-electron chi connectivity index (χ4n) is 0. The maximum Gasteiger partial charge on any atom is 1.00 e. The first kappa shape index (κ1) is 22.5. The first-order valence-electron chi connectivity index (χ1n) is 1.56. The Bertz CT molecular complexity index is 74.9. The molecule has 0 aliphatic heterocycles. The van der Waals surface area contributed by atoms with Gasteiger partial charge in [0.1, 0.15) is 0 Å². The van der Waals surface area contributed by atoms with E-state index in [-0.39, 0.29) is 73.8 Å². The van der Waals surface area contributed by atoms with E-state index in [1.807, 2.05) is 0 Å². The van der Waals surface area contributed by atoms with Gasteiger partial charge in [0, 0.05) is 29.3 Å². The van der Waals surface area contributed by atoms with E-state index < -0.39 is 12.1 Å². The molecule has 0 unspecified atom stereocenters. The zero-order valence-electron chi connectivity index (χ0n) is 5.42. The number of hydrogen-bond donors (Lipinski definition) is 2. The molecule has 59 valence electrons. The Morgan fingerprint density at radius 2 is 1.30 bits per heavy atom. The topological polar surface area (TPSA) is 97.7 Å². The molecule has 2 N–H and O–H groups in total. The predicted octanol–water partition coefficient (Wildman–Crippen LogP) is -4.02. The summed E-state index contributed by atoms with van der Waals surface area (Å²) in [6.07, 6.45) is -2.08. The minimum Gasteiger partial charge on any atom is -0.565 e. The standard InChI is InChI=1S/C2H4O2.CH2O3.Ag.K/c1-2(3)4;2-1(3)4;;/h1H3,(H,3,4);(H2,2,3,4);;/q;;;+1/p-1. The molecule has 0 aromatic carbocycles. The van der Waals surface area contributed by atoms with Gasteiger partial charge in [0.2, 0.25) is 6.16 Å². The third-order valence-electron chi connectivity index (χ3n) is 0. The van der Waals surface area contributed by atoms with Crippen LogP contribution in [-0.4, -0.2) is 22.3 Å². The number of aliphatic carboxylic acids is 1. The summed E-state index contributed by atoms with van der Waals surface area (Å²) in [6, 6.07) is 0. The molecule has 5 nitrogen and oxygen atoms in total. The van der Waals surface area contributed by atoms with E-state index in [9.17, 15) is 0 Å². The second kappa shape index (κ2) is 16.6. The van der Waals surface area contributed by atoms with Crippen molar-refractivity contribution >= 4 is 12.1 Å². The number of carboxylic acids is 1. The molecule has 0 fully saturated rings. The number of carboxylic acid groups (broad SMARTS) is 3. The summed E-state index contributed by atoms with van der Waals surface area (Å²) >= 11 is 0. The molecule has 10 heavy (non-hydrogen) atoms. The van der Waals surface area contributed by atoms with Crippen LogP contribution in [0.15, 0.2) is 0 Å². The van der Waals surface area contributed by atoms with Gasteiger partial charge < -0.3 is 20.1 Å². The van der Waals surface area contributed by atoms with Gasteiger partial charge in [0.05, 0.1) is 0 Å². The second-order valence-electron chi connectivity index (χ2n) is 0.785. The maximum atomic E-state index is 9.00. The summed E-state index contributed by atoms with van der Waals surface area (Å²) in [5.41, 5.74) is 0. The van der Waals surface area contributed by atoms with E-state index in [1.54, 1.807) is 0 Å². The first-order valence-corrected chi connectivity index (χ1v) is 1.56. The van der Waals surface area contributed by atoms with Gasteiger partial charge in [-0.3, -0.25) is 4.79 Å². The van der Waals surface area contributed by atoms with Crippen LogP contribution in [0.3, 0.4) is 0 Å². The normalized spacial score (nSPS) is 4.90. The predicted molar refractivity (Wildman–Crippen MR) is 21.3 cm³/mol. The summed E-state index contributed by atoms with van der Waals surface area (Å²) in [4.78, 5) is 17.4. The molecule has 0 aliphatic carbocycles. The molecule has 0 amide bonds. The molecule has 0 aromatic heterocycles. The Labute approximate surface area is 116 Å². The molecule has 0 saturated carbocycles. The summed E-state index contributed by atoms with van der Waals surface area (Å²) < 4.78 is 0. The Kier molecular flexibility index (Phi) is 37.3. The van der Waals surface area contributed by atoms with Gasteiger partial charge in [-0.2, -0.15) is 0 Å². The molecule has 0 heterocycles. The minimum atomic E-state index is -2.08. The first-order chi connectivity index (χ1) is 3.46. The molecule has 0 saturated heterocycles. The van der Waals surface area contributed by atoms with Crippen molar-refractivity contribution in [3.63, 3.8) is 0 Å². The van der Waals surface area contributed by atoms with Crippen LogP contribution in [0.1, 0.15) is 6.92 Å². The van der Waals surface area contributed by atoms with Gasteiger partial charge in [-0.25, -0.2) is 0 Å². The van der Waals surface area contributed by atoms with Crippen LogP contribution in [0.25, 0.3) is 0 Å². The van der Waals surface area contributed by atoms with Gasteiger partial charge >= 0.3 is 51.4 Å². The average molecular weight is 268 g/mol. The van der Waals surface area contributed by atoms with E-state index in [0.717, 1.165) is 6.92 Å². The average Bonchev–Trinajstić information content (AvgIpc) is 1.25. The molecule has 0 bridgehead atoms. The summed E-state index contributed by atoms with van der Waals surface area (Å²) in [5.74, 6) is -0.833. The largest absolute Gasteiger partial charge is 1.00 e. The van der Waals surface area contributed by atoms with Crippen LogP contribution in [0.5, 0.6) is 0 Å². The molecule has 0 rings (SSSR count). The summed E-state index contributed by atoms with van der Waals surface area (Å²) in [6.45, 7) is 1.08. The second-order valence-corrected chi connectivity index (χ2v) is 0.785. The molecule has 7 heteroatoms. The molecular weight excluding hydrogens is 263 g/mol. The van der Waals surface area contributed by atoms with E-state index in [4.69, 9.17) is 24.9 Å². The van der Waals surface area contributed by atoms with E-state index in [2.05, 4.69) is 0 Å². The van der Waals surface area contributed by atoms with Crippen LogP contribution in [0.2, 0.25) is 0 Å². The Balaban J connectivity index is -0.0000000300. The third kappa shape index (κ3) is 482. The SMILES string of the molecule is CC(=O)O.O=C([O-])O.[Ag].[K+]. The van der Waals surface area contributed by atoms with Crippen LogP contribution in [-0.2, 0) is 27.2 Å². The monoisotopic (exact) mass is 267 g/mol. The van der Waals surface area contributed by atoms with Crippen molar-refractivity contribution in [1.29, 1.82) is 0 Å². The molecular formula is C3H5AgKO5. The van der Waals surface area contributed by atoms with Gasteiger partial charge in [-0.1, -0.05) is 0 Å². The van der Waals surface area contributed by atoms with E-state index in [1.165, 1.54) is 0 Å². The number of hydrogen-bond acceptors (Lipinski definition) is 3. The molecule has 0 aromatic rings. The number of carbonyl (C=O) groups is 2. The van der Waals surface area contributed by atoms with Gasteiger partial charge in [-0.15, -0.1) is 0 Å². The van der Waals surface area contributed by atoms with Gasteiger partial charge in [0.15, 0.2) is 0 Å². The van der Waals surface area contributed by atoms with Gasteiger partial charge in [0.25, 0.3) is 5.97 Å². The van der Waals surface area contributed by atoms with Crippen molar-refractivity contribution in [3.05, 3.63) is 0 Å². The van der Waals surface area contributed by atoms with Crippen LogP contribution >= 0.6 is 0 Å². The fraction of sp³-hybridized carbons (Fsp3) is 0.333. The molecule has 0 spiro atoms. The van der Waals surface area contributed by atoms with Gasteiger partial charge in [-0.05, 0) is 0 Å². The maximum absolute atomic E-state index is 9.00. The molecule has 0 aliphatic rings. The zero-order chi connectivity index (χ0) is 7.15. The smallest absolute Gasteiger partial charge is 0.565 e. The van der Waals surface area contributed by atoms with Crippen LogP contribution < -0.4 is 56.5 Å². The minimum absolute atomic E-state index is 0. The van der Waals surface area contributed by atoms with Crippen molar-refractivity contribution in [1.82, 2.24) is 0 Å². The van der Waals surface area contributed by atoms with Crippen LogP contribution in [0.4, 0.5) is 4.79 Å². The molecule has 1 radical (unpaired) electrons. The third-order valence-corrected chi connectivity index (χ3v) is 0. The molecule has 0 atom stereocenters. The number of rotatable bonds is 0. The Morgan fingerprint density at radius 3 is 1.30 bits per heavy atom. The van der Waals surface area contributed by atoms with Crippen molar-refractivity contribution < 1.29 is 98.7 Å². The summed E-state index contributed by atoms with van der Waals surface area (Å²) in [7, 11) is 0. The van der Waals surface area contributed by atoms with Crippen molar-refractivity contribution in [2.45, 2.75) is 6.92 Å². The van der Waals surface area contributed by atoms with Crippen molar-refractivity contribution in [2.75, 3.05) is 0 Å². The van der Waals surface area contributed by atoms with Crippen molar-refractivity contribution in [3.8, 4) is 0 Å². The fourth-order valence-corrected chi connectivity index (χ4v) is 0. The van der Waals surface area contributed by atoms with Crippen molar-refractivity contribution in [2.24, 2.45) is 0 Å².